The molecule has 30 heavy (non-hydrogen) atoms. The number of anilines is 1. The van der Waals surface area contributed by atoms with Gasteiger partial charge in [-0.2, -0.15) is 0 Å². The molecule has 0 aliphatic carbocycles. The fraction of sp³-hybridized carbons (Fsp3) is 0.682. The lowest BCUT2D eigenvalue weighted by molar-refractivity contribution is 0.0797. The van der Waals surface area contributed by atoms with Crippen LogP contribution in [-0.4, -0.2) is 80.0 Å². The molecule has 0 saturated carbocycles. The van der Waals surface area contributed by atoms with Gasteiger partial charge in [0.1, 0.15) is 5.82 Å². The number of methoxy groups -OCH3 is 1. The number of carbonyl (C=O) groups is 2. The maximum absolute atomic E-state index is 12.3. The fourth-order valence-electron chi connectivity index (χ4n) is 5.22. The summed E-state index contributed by atoms with van der Waals surface area (Å²) in [4.78, 5) is 34.7. The third-order valence-electron chi connectivity index (χ3n) is 6.94. The second-order valence-electron chi connectivity index (χ2n) is 8.64. The topological polar surface area (TPSA) is 75.2 Å². The summed E-state index contributed by atoms with van der Waals surface area (Å²) in [6.07, 6.45) is 5.32. The maximum atomic E-state index is 12.3. The van der Waals surface area contributed by atoms with E-state index in [0.717, 1.165) is 64.2 Å². The third kappa shape index (κ3) is 3.97. The molecule has 0 unspecified atom stereocenters. The molecule has 0 aromatic carbocycles. The lowest BCUT2D eigenvalue weighted by Crippen LogP contribution is -2.48. The first-order chi connectivity index (χ1) is 14.6. The standard InChI is InChI=1S/C22H32N4O4/c1-3-30-20(27)25-11-6-17(7-12-25)15-24-13-8-22(9-14-24)16-26(21(28)29-2)19-18(22)5-4-10-23-19/h4-5,10,17H,3,6-9,11-16H2,1-2H3. The number of likely N-dealkylation sites (tertiary alicyclic amines) is 2. The molecule has 0 N–H and O–H groups in total. The van der Waals surface area contributed by atoms with Gasteiger partial charge in [0.05, 0.1) is 13.7 Å². The second kappa shape index (κ2) is 8.79. The van der Waals surface area contributed by atoms with Crippen LogP contribution >= 0.6 is 0 Å². The largest absolute Gasteiger partial charge is 0.452 e. The van der Waals surface area contributed by atoms with Crippen molar-refractivity contribution in [3.63, 3.8) is 0 Å². The Balaban J connectivity index is 1.33. The second-order valence-corrected chi connectivity index (χ2v) is 8.64. The van der Waals surface area contributed by atoms with Crippen molar-refractivity contribution in [2.75, 3.05) is 57.9 Å². The van der Waals surface area contributed by atoms with Crippen LogP contribution in [-0.2, 0) is 14.9 Å². The van der Waals surface area contributed by atoms with Gasteiger partial charge in [-0.1, -0.05) is 6.07 Å². The highest BCUT2D eigenvalue weighted by molar-refractivity contribution is 5.89. The third-order valence-corrected chi connectivity index (χ3v) is 6.94. The van der Waals surface area contributed by atoms with E-state index in [0.29, 0.717) is 19.1 Å². The molecule has 8 nitrogen and oxygen atoms in total. The van der Waals surface area contributed by atoms with Crippen molar-refractivity contribution in [2.45, 2.75) is 38.0 Å². The lowest BCUT2D eigenvalue weighted by Gasteiger charge is -2.41. The number of piperidine rings is 2. The van der Waals surface area contributed by atoms with Crippen molar-refractivity contribution in [3.05, 3.63) is 23.9 Å². The van der Waals surface area contributed by atoms with Gasteiger partial charge in [-0.05, 0) is 57.7 Å². The number of aromatic nitrogens is 1. The summed E-state index contributed by atoms with van der Waals surface area (Å²) in [5, 5.41) is 0. The molecule has 1 aromatic rings. The van der Waals surface area contributed by atoms with Gasteiger partial charge in [-0.25, -0.2) is 14.6 Å². The first-order valence-electron chi connectivity index (χ1n) is 11.0. The monoisotopic (exact) mass is 416 g/mol. The molecule has 2 amide bonds. The fourth-order valence-corrected chi connectivity index (χ4v) is 5.22. The number of fused-ring (bicyclic) bond motifs is 2. The van der Waals surface area contributed by atoms with Crippen LogP contribution in [0.3, 0.4) is 0 Å². The molecular formula is C22H32N4O4. The van der Waals surface area contributed by atoms with Crippen LogP contribution in [0.1, 0.15) is 38.2 Å². The Morgan fingerprint density at radius 1 is 1.17 bits per heavy atom. The van der Waals surface area contributed by atoms with E-state index in [9.17, 15) is 9.59 Å². The Hall–Kier alpha value is -2.35. The SMILES string of the molecule is CCOC(=O)N1CCC(CN2CCC3(CC2)CN(C(=O)OC)c2ncccc23)CC1. The minimum Gasteiger partial charge on any atom is -0.452 e. The Bertz CT molecular complexity index is 770. The van der Waals surface area contributed by atoms with Crippen molar-refractivity contribution >= 4 is 18.0 Å². The molecule has 1 aromatic heterocycles. The van der Waals surface area contributed by atoms with Gasteiger partial charge in [0.25, 0.3) is 0 Å². The van der Waals surface area contributed by atoms with Gasteiger partial charge in [0.2, 0.25) is 0 Å². The predicted molar refractivity (Wildman–Crippen MR) is 113 cm³/mol. The van der Waals surface area contributed by atoms with Gasteiger partial charge in [-0.3, -0.25) is 4.90 Å². The van der Waals surface area contributed by atoms with Crippen molar-refractivity contribution < 1.29 is 19.1 Å². The molecule has 164 valence electrons. The van der Waals surface area contributed by atoms with Gasteiger partial charge >= 0.3 is 12.2 Å². The molecule has 0 bridgehead atoms. The number of hydrogen-bond acceptors (Lipinski definition) is 6. The van der Waals surface area contributed by atoms with E-state index in [2.05, 4.69) is 16.0 Å². The number of pyridine rings is 1. The molecular weight excluding hydrogens is 384 g/mol. The molecule has 3 aliphatic heterocycles. The Morgan fingerprint density at radius 2 is 1.90 bits per heavy atom. The average molecular weight is 417 g/mol. The quantitative estimate of drug-likeness (QED) is 0.754. The van der Waals surface area contributed by atoms with E-state index in [1.165, 1.54) is 12.7 Å². The van der Waals surface area contributed by atoms with Crippen LogP contribution in [0.4, 0.5) is 15.4 Å². The van der Waals surface area contributed by atoms with Crippen LogP contribution in [0.5, 0.6) is 0 Å². The van der Waals surface area contributed by atoms with Crippen molar-refractivity contribution in [3.8, 4) is 0 Å². The summed E-state index contributed by atoms with van der Waals surface area (Å²) in [5.41, 5.74) is 1.15. The van der Waals surface area contributed by atoms with Crippen LogP contribution < -0.4 is 4.90 Å². The van der Waals surface area contributed by atoms with E-state index < -0.39 is 0 Å². The van der Waals surface area contributed by atoms with Gasteiger partial charge < -0.3 is 19.3 Å². The highest BCUT2D eigenvalue weighted by atomic mass is 16.6. The first-order valence-corrected chi connectivity index (χ1v) is 11.0. The van der Waals surface area contributed by atoms with E-state index >= 15 is 0 Å². The van der Waals surface area contributed by atoms with Gasteiger partial charge in [0.15, 0.2) is 0 Å². The molecule has 2 saturated heterocycles. The lowest BCUT2D eigenvalue weighted by atomic mass is 9.74. The number of hydrogen-bond donors (Lipinski definition) is 0. The normalized spacial score (nSPS) is 21.5. The average Bonchev–Trinajstić information content (AvgIpc) is 3.10. The number of rotatable bonds is 3. The maximum Gasteiger partial charge on any atom is 0.415 e. The van der Waals surface area contributed by atoms with Crippen molar-refractivity contribution in [2.24, 2.45) is 5.92 Å². The number of ether oxygens (including phenoxy) is 2. The number of nitrogens with zero attached hydrogens (tertiary/aromatic N) is 4. The van der Waals surface area contributed by atoms with E-state index in [1.54, 1.807) is 11.1 Å². The Labute approximate surface area is 178 Å². The van der Waals surface area contributed by atoms with Crippen molar-refractivity contribution in [1.29, 1.82) is 0 Å². The summed E-state index contributed by atoms with van der Waals surface area (Å²) >= 11 is 0. The van der Waals surface area contributed by atoms with Crippen LogP contribution in [0.15, 0.2) is 18.3 Å². The zero-order valence-corrected chi connectivity index (χ0v) is 18.0. The number of carbonyl (C=O) groups excluding carboxylic acids is 2. The Kier molecular flexibility index (Phi) is 6.13. The molecule has 0 atom stereocenters. The summed E-state index contributed by atoms with van der Waals surface area (Å²) in [6.45, 7) is 7.61. The molecule has 3 aliphatic rings. The summed E-state index contributed by atoms with van der Waals surface area (Å²) in [5.74, 6) is 1.37. The Morgan fingerprint density at radius 3 is 2.57 bits per heavy atom. The van der Waals surface area contributed by atoms with E-state index in [4.69, 9.17) is 9.47 Å². The highest BCUT2D eigenvalue weighted by Gasteiger charge is 2.47. The predicted octanol–water partition coefficient (Wildman–Crippen LogP) is 2.87. The number of amides is 2. The molecule has 4 heterocycles. The molecule has 2 fully saturated rings. The molecule has 0 radical (unpaired) electrons. The van der Waals surface area contributed by atoms with E-state index in [-0.39, 0.29) is 17.6 Å². The summed E-state index contributed by atoms with van der Waals surface area (Å²) < 4.78 is 10.1. The molecule has 4 rings (SSSR count). The highest BCUT2D eigenvalue weighted by Crippen LogP contribution is 2.46. The van der Waals surface area contributed by atoms with E-state index in [1.807, 2.05) is 17.9 Å². The zero-order valence-electron chi connectivity index (χ0n) is 18.0. The summed E-state index contributed by atoms with van der Waals surface area (Å²) in [7, 11) is 1.42. The van der Waals surface area contributed by atoms with Crippen LogP contribution in [0.2, 0.25) is 0 Å². The van der Waals surface area contributed by atoms with Crippen molar-refractivity contribution in [1.82, 2.24) is 14.8 Å². The first kappa shape index (κ1) is 20.9. The van der Waals surface area contributed by atoms with Gasteiger partial charge in [-0.15, -0.1) is 0 Å². The van der Waals surface area contributed by atoms with Crippen LogP contribution in [0, 0.1) is 5.92 Å². The van der Waals surface area contributed by atoms with Gasteiger partial charge in [0, 0.05) is 43.4 Å². The molecule has 1 spiro atoms. The zero-order chi connectivity index (χ0) is 21.1. The minimum absolute atomic E-state index is 0.0262. The minimum atomic E-state index is -0.331. The molecule has 8 heteroatoms. The summed E-state index contributed by atoms with van der Waals surface area (Å²) in [6, 6.07) is 4.08. The van der Waals surface area contributed by atoms with Crippen LogP contribution in [0.25, 0.3) is 0 Å². The smallest absolute Gasteiger partial charge is 0.415 e.